The van der Waals surface area contributed by atoms with Gasteiger partial charge in [0, 0.05) is 24.1 Å². The first kappa shape index (κ1) is 27.0. The van der Waals surface area contributed by atoms with Gasteiger partial charge in [-0.3, -0.25) is 0 Å². The van der Waals surface area contributed by atoms with Gasteiger partial charge in [0.05, 0.1) is 32.0 Å². The van der Waals surface area contributed by atoms with Gasteiger partial charge in [-0.25, -0.2) is 19.0 Å². The lowest BCUT2D eigenvalue weighted by Crippen LogP contribution is -2.33. The van der Waals surface area contributed by atoms with Crippen molar-refractivity contribution in [2.24, 2.45) is 0 Å². The predicted molar refractivity (Wildman–Crippen MR) is 139 cm³/mol. The van der Waals surface area contributed by atoms with Crippen LogP contribution in [0.2, 0.25) is 0 Å². The molecule has 0 spiro atoms. The van der Waals surface area contributed by atoms with Crippen LogP contribution in [0.5, 0.6) is 5.75 Å². The van der Waals surface area contributed by atoms with Crippen LogP contribution in [0, 0.1) is 5.82 Å². The molecule has 0 aliphatic heterocycles. The van der Waals surface area contributed by atoms with Gasteiger partial charge >= 0.3 is 0 Å². The summed E-state index contributed by atoms with van der Waals surface area (Å²) >= 11 is 1.51. The lowest BCUT2D eigenvalue weighted by Gasteiger charge is -2.17. The number of thioether (sulfide) groups is 1. The van der Waals surface area contributed by atoms with Crippen LogP contribution in [0.15, 0.2) is 23.4 Å². The Hall–Kier alpha value is -2.58. The van der Waals surface area contributed by atoms with Gasteiger partial charge in [-0.05, 0) is 37.5 Å². The van der Waals surface area contributed by atoms with Gasteiger partial charge in [-0.1, -0.05) is 30.0 Å². The van der Waals surface area contributed by atoms with E-state index < -0.39 is 24.4 Å². The molecule has 2 saturated carbocycles. The summed E-state index contributed by atoms with van der Waals surface area (Å²) in [7, 11) is 0. The number of hydrogen-bond acceptors (Lipinski definition) is 11. The van der Waals surface area contributed by atoms with Crippen molar-refractivity contribution < 1.29 is 29.2 Å². The zero-order chi connectivity index (χ0) is 26.8. The summed E-state index contributed by atoms with van der Waals surface area (Å²) < 4.78 is 26.8. The number of halogens is 1. The zero-order valence-electron chi connectivity index (χ0n) is 21.3. The second kappa shape index (κ2) is 11.7. The molecule has 11 nitrogen and oxygen atoms in total. The number of nitrogens with zero attached hydrogens (tertiary/aromatic N) is 5. The Morgan fingerprint density at radius 3 is 2.76 bits per heavy atom. The normalized spacial score (nSPS) is 26.7. The highest BCUT2D eigenvalue weighted by Gasteiger charge is 2.45. The number of anilines is 1. The van der Waals surface area contributed by atoms with Crippen molar-refractivity contribution in [2.75, 3.05) is 30.9 Å². The number of aromatic nitrogens is 5. The fraction of sp³-hybridized carbons (Fsp3) is 0.600. The van der Waals surface area contributed by atoms with E-state index in [-0.39, 0.29) is 36.7 Å². The summed E-state index contributed by atoms with van der Waals surface area (Å²) in [6, 6.07) is 4.50. The second-order valence-corrected chi connectivity index (χ2v) is 10.6. The fourth-order valence-corrected chi connectivity index (χ4v) is 5.58. The van der Waals surface area contributed by atoms with Crippen LogP contribution in [-0.4, -0.2) is 90.2 Å². The van der Waals surface area contributed by atoms with Crippen LogP contribution < -0.4 is 10.1 Å². The molecule has 0 unspecified atom stereocenters. The molecule has 2 aromatic heterocycles. The summed E-state index contributed by atoms with van der Waals surface area (Å²) in [5.74, 6) is 1.34. The number of aliphatic hydroxyl groups excluding tert-OH is 3. The molecule has 1 aromatic carbocycles. The van der Waals surface area contributed by atoms with Gasteiger partial charge < -0.3 is 30.1 Å². The van der Waals surface area contributed by atoms with Gasteiger partial charge in [-0.15, -0.1) is 5.10 Å². The van der Waals surface area contributed by atoms with Crippen molar-refractivity contribution in [1.82, 2.24) is 25.0 Å². The van der Waals surface area contributed by atoms with Gasteiger partial charge in [0.1, 0.15) is 12.2 Å². The van der Waals surface area contributed by atoms with Crippen molar-refractivity contribution in [3.8, 4) is 5.75 Å². The van der Waals surface area contributed by atoms with Gasteiger partial charge in [-0.2, -0.15) is 0 Å². The smallest absolute Gasteiger partial charge is 0.191 e. The molecule has 6 atom stereocenters. The lowest BCUT2D eigenvalue weighted by atomic mass is 10.1. The predicted octanol–water partition coefficient (Wildman–Crippen LogP) is 2.27. The van der Waals surface area contributed by atoms with E-state index >= 15 is 0 Å². The van der Waals surface area contributed by atoms with E-state index in [1.165, 1.54) is 22.5 Å². The molecule has 38 heavy (non-hydrogen) atoms. The summed E-state index contributed by atoms with van der Waals surface area (Å²) in [5, 5.41) is 42.9. The SMILES string of the molecule is CCCSc1nc(N[C@@H]2C[C@H]2c2ccc(OCC)c(F)c2)c2nnn([C@@H]3C[C@H](OCCO)[C@@H](O)[C@H]3O)c2n1. The molecule has 0 saturated heterocycles. The highest BCUT2D eigenvalue weighted by atomic mass is 32.2. The zero-order valence-corrected chi connectivity index (χ0v) is 22.1. The third-order valence-corrected chi connectivity index (χ3v) is 7.92. The van der Waals surface area contributed by atoms with Gasteiger partial charge in [0.2, 0.25) is 0 Å². The average Bonchev–Trinajstić information content (AvgIpc) is 3.46. The quantitative estimate of drug-likeness (QED) is 0.195. The maximum atomic E-state index is 14.4. The first-order valence-corrected chi connectivity index (χ1v) is 14.0. The van der Waals surface area contributed by atoms with Crippen molar-refractivity contribution in [1.29, 1.82) is 0 Å². The van der Waals surface area contributed by atoms with E-state index in [1.54, 1.807) is 6.07 Å². The molecule has 0 radical (unpaired) electrons. The standard InChI is InChI=1S/C25H33FN6O5S/c1-3-9-38-25-28-23(27-16-11-14(16)13-5-6-18(36-4-2)15(26)10-13)20-24(29-25)32(31-30-20)17-12-19(37-8-7-33)22(35)21(17)34/h5-6,10,14,16-17,19,21-22,33-35H,3-4,7-9,11-12H2,1-2H3,(H,27,28,29)/t14-,16+,17+,19-,21-,22+/m0/s1. The Balaban J connectivity index is 1.40. The lowest BCUT2D eigenvalue weighted by molar-refractivity contribution is -0.0629. The van der Waals surface area contributed by atoms with E-state index in [2.05, 4.69) is 27.5 Å². The Morgan fingerprint density at radius 1 is 1.18 bits per heavy atom. The minimum atomic E-state index is -1.14. The van der Waals surface area contributed by atoms with Crippen LogP contribution in [0.25, 0.3) is 11.2 Å². The largest absolute Gasteiger partial charge is 0.491 e. The Labute approximate surface area is 223 Å². The molecule has 5 rings (SSSR count). The maximum absolute atomic E-state index is 14.4. The second-order valence-electron chi connectivity index (χ2n) is 9.54. The summed E-state index contributed by atoms with van der Waals surface area (Å²) in [6.45, 7) is 4.18. The van der Waals surface area contributed by atoms with Crippen LogP contribution >= 0.6 is 11.8 Å². The summed E-state index contributed by atoms with van der Waals surface area (Å²) in [5.41, 5.74) is 1.79. The van der Waals surface area contributed by atoms with Crippen molar-refractivity contribution in [3.05, 3.63) is 29.6 Å². The minimum absolute atomic E-state index is 0.0368. The van der Waals surface area contributed by atoms with Crippen LogP contribution in [0.4, 0.5) is 10.2 Å². The van der Waals surface area contributed by atoms with E-state index in [4.69, 9.17) is 19.6 Å². The maximum Gasteiger partial charge on any atom is 0.191 e. The number of benzene rings is 1. The molecule has 206 valence electrons. The van der Waals surface area contributed by atoms with Gasteiger partial charge in [0.25, 0.3) is 0 Å². The number of ether oxygens (including phenoxy) is 2. The molecule has 13 heteroatoms. The van der Waals surface area contributed by atoms with Crippen molar-refractivity contribution in [3.63, 3.8) is 0 Å². The highest BCUT2D eigenvalue weighted by Crippen LogP contribution is 2.44. The molecule has 2 aliphatic rings. The molecule has 4 N–H and O–H groups in total. The molecule has 2 aliphatic carbocycles. The third kappa shape index (κ3) is 5.43. The topological polar surface area (TPSA) is 148 Å². The number of aliphatic hydroxyl groups is 3. The van der Waals surface area contributed by atoms with Crippen LogP contribution in [0.1, 0.15) is 50.6 Å². The van der Waals surface area contributed by atoms with Crippen LogP contribution in [-0.2, 0) is 4.74 Å². The summed E-state index contributed by atoms with van der Waals surface area (Å²) in [4.78, 5) is 9.38. The first-order chi connectivity index (χ1) is 18.4. The highest BCUT2D eigenvalue weighted by molar-refractivity contribution is 7.99. The first-order valence-electron chi connectivity index (χ1n) is 13.0. The van der Waals surface area contributed by atoms with E-state index in [1.807, 2.05) is 13.0 Å². The molecule has 0 amide bonds. The molecule has 2 heterocycles. The molecule has 2 fully saturated rings. The third-order valence-electron chi connectivity index (χ3n) is 6.87. The van der Waals surface area contributed by atoms with Crippen molar-refractivity contribution >= 4 is 28.7 Å². The Bertz CT molecular complexity index is 1260. The molecule has 3 aromatic rings. The van der Waals surface area contributed by atoms with E-state index in [0.717, 1.165) is 24.2 Å². The Morgan fingerprint density at radius 2 is 2.03 bits per heavy atom. The molecular formula is C25H33FN6O5S. The van der Waals surface area contributed by atoms with E-state index in [0.29, 0.717) is 35.2 Å². The number of nitrogens with one attached hydrogen (secondary N) is 1. The van der Waals surface area contributed by atoms with Gasteiger partial charge in [0.15, 0.2) is 33.7 Å². The van der Waals surface area contributed by atoms with E-state index in [9.17, 15) is 14.6 Å². The number of hydrogen-bond donors (Lipinski definition) is 4. The van der Waals surface area contributed by atoms with Crippen LogP contribution in [0.3, 0.4) is 0 Å². The average molecular weight is 549 g/mol. The van der Waals surface area contributed by atoms with Crippen molar-refractivity contribution in [2.45, 2.75) is 74.6 Å². The number of rotatable bonds is 12. The fourth-order valence-electron chi connectivity index (χ4n) is 4.89. The Kier molecular flexibility index (Phi) is 8.29. The minimum Gasteiger partial charge on any atom is -0.491 e. The number of fused-ring (bicyclic) bond motifs is 1. The summed E-state index contributed by atoms with van der Waals surface area (Å²) in [6.07, 6.45) is -0.861. The molecule has 0 bridgehead atoms. The monoisotopic (exact) mass is 548 g/mol. The molecular weight excluding hydrogens is 515 g/mol.